The fourth-order valence-corrected chi connectivity index (χ4v) is 4.36. The first-order chi connectivity index (χ1) is 17.1. The van der Waals surface area contributed by atoms with E-state index in [1.807, 2.05) is 0 Å². The summed E-state index contributed by atoms with van der Waals surface area (Å²) in [4.78, 5) is 11.4. The van der Waals surface area contributed by atoms with E-state index in [2.05, 4.69) is 15.0 Å². The Kier molecular flexibility index (Phi) is 5.36. The van der Waals surface area contributed by atoms with Crippen molar-refractivity contribution in [2.75, 3.05) is 0 Å². The zero-order valence-corrected chi connectivity index (χ0v) is 18.0. The summed E-state index contributed by atoms with van der Waals surface area (Å²) >= 11 is 0. The maximum atomic E-state index is 14.1. The van der Waals surface area contributed by atoms with Crippen LogP contribution in [-0.2, 0) is 12.4 Å². The topological polar surface area (TPSA) is 61.9 Å². The van der Waals surface area contributed by atoms with E-state index < -0.39 is 23.5 Å². The van der Waals surface area contributed by atoms with Crippen molar-refractivity contribution in [2.24, 2.45) is 4.99 Å². The standard InChI is InChI=1S/C26H12F6N4/c27-25(28,29)22-11-18-19-12-23(26(30,31)32)17(15-3-7-35-8-4-15)10-21(19)24(36-13-33)20(18)9-16(22)14-1-5-34-6-2-14/h1-12H. The molecule has 5 rings (SSSR count). The molecule has 0 bridgehead atoms. The third-order valence-corrected chi connectivity index (χ3v) is 5.87. The van der Waals surface area contributed by atoms with Crippen LogP contribution in [0.3, 0.4) is 0 Å². The number of nitrogens with zero attached hydrogens (tertiary/aromatic N) is 4. The molecule has 178 valence electrons. The van der Waals surface area contributed by atoms with Gasteiger partial charge in [-0.3, -0.25) is 9.97 Å². The summed E-state index contributed by atoms with van der Waals surface area (Å²) in [6, 6.07) is 9.62. The van der Waals surface area contributed by atoms with E-state index in [1.54, 1.807) is 6.19 Å². The summed E-state index contributed by atoms with van der Waals surface area (Å²) in [6.07, 6.45) is -2.65. The van der Waals surface area contributed by atoms with Crippen LogP contribution >= 0.6 is 0 Å². The van der Waals surface area contributed by atoms with Crippen molar-refractivity contribution in [3.63, 3.8) is 0 Å². The number of hydrogen-bond donors (Lipinski definition) is 0. The number of aliphatic imine (C=N–C) groups is 1. The number of fused-ring (bicyclic) bond motifs is 3. The zero-order valence-electron chi connectivity index (χ0n) is 18.0. The van der Waals surface area contributed by atoms with Gasteiger partial charge >= 0.3 is 12.4 Å². The molecule has 0 saturated carbocycles. The number of hydrogen-bond acceptors (Lipinski definition) is 4. The quantitative estimate of drug-likeness (QED) is 0.193. The lowest BCUT2D eigenvalue weighted by atomic mass is 9.92. The molecule has 0 aliphatic heterocycles. The Balaban J connectivity index is 1.85. The highest BCUT2D eigenvalue weighted by Crippen LogP contribution is 2.48. The van der Waals surface area contributed by atoms with Crippen molar-refractivity contribution >= 4 is 5.71 Å². The summed E-state index contributed by atoms with van der Waals surface area (Å²) in [5.74, 6) is 0. The van der Waals surface area contributed by atoms with Crippen LogP contribution in [-0.4, -0.2) is 15.7 Å². The molecular weight excluding hydrogens is 482 g/mol. The molecule has 0 amide bonds. The summed E-state index contributed by atoms with van der Waals surface area (Å²) in [5.41, 5.74) is -1.95. The molecule has 0 saturated heterocycles. The van der Waals surface area contributed by atoms with Crippen LogP contribution in [0, 0.1) is 11.5 Å². The number of benzene rings is 2. The third-order valence-electron chi connectivity index (χ3n) is 5.87. The maximum Gasteiger partial charge on any atom is 0.417 e. The van der Waals surface area contributed by atoms with E-state index in [-0.39, 0.29) is 50.2 Å². The lowest BCUT2D eigenvalue weighted by Crippen LogP contribution is -2.09. The zero-order chi connectivity index (χ0) is 25.7. The van der Waals surface area contributed by atoms with E-state index in [1.165, 1.54) is 61.2 Å². The number of alkyl halides is 6. The molecule has 0 spiro atoms. The number of nitriles is 1. The van der Waals surface area contributed by atoms with Crippen LogP contribution < -0.4 is 0 Å². The normalized spacial score (nSPS) is 12.6. The minimum Gasteiger partial charge on any atom is -0.265 e. The highest BCUT2D eigenvalue weighted by Gasteiger charge is 2.40. The van der Waals surface area contributed by atoms with Gasteiger partial charge < -0.3 is 0 Å². The Morgan fingerprint density at radius 3 is 1.31 bits per heavy atom. The van der Waals surface area contributed by atoms with Crippen molar-refractivity contribution in [3.8, 4) is 39.6 Å². The average molecular weight is 494 g/mol. The van der Waals surface area contributed by atoms with E-state index in [9.17, 15) is 31.6 Å². The molecule has 10 heteroatoms. The largest absolute Gasteiger partial charge is 0.417 e. The summed E-state index contributed by atoms with van der Waals surface area (Å²) in [7, 11) is 0. The van der Waals surface area contributed by atoms with E-state index >= 15 is 0 Å². The number of pyridine rings is 2. The SMILES string of the molecule is N#CN=C1c2cc(-c3ccncc3)c(C(F)(F)F)cc2-c2cc(C(F)(F)F)c(-c3ccncc3)cc21. The van der Waals surface area contributed by atoms with E-state index in [4.69, 9.17) is 0 Å². The van der Waals surface area contributed by atoms with Gasteiger partial charge in [0.15, 0.2) is 0 Å². The molecule has 0 atom stereocenters. The first-order valence-corrected chi connectivity index (χ1v) is 10.4. The Bertz CT molecular complexity index is 1440. The molecule has 4 nitrogen and oxygen atoms in total. The predicted octanol–water partition coefficient (Wildman–Crippen LogP) is 7.15. The monoisotopic (exact) mass is 494 g/mol. The van der Waals surface area contributed by atoms with Crippen molar-refractivity contribution in [3.05, 3.63) is 95.6 Å². The van der Waals surface area contributed by atoms with Gasteiger partial charge in [0.05, 0.1) is 16.8 Å². The summed E-state index contributed by atoms with van der Waals surface area (Å²) in [5, 5.41) is 9.30. The van der Waals surface area contributed by atoms with E-state index in [0.29, 0.717) is 0 Å². The second kappa shape index (κ2) is 8.30. The molecule has 36 heavy (non-hydrogen) atoms. The molecule has 2 heterocycles. The van der Waals surface area contributed by atoms with E-state index in [0.717, 1.165) is 12.1 Å². The van der Waals surface area contributed by atoms with Gasteiger partial charge in [0, 0.05) is 35.9 Å². The highest BCUT2D eigenvalue weighted by molar-refractivity contribution is 6.26. The van der Waals surface area contributed by atoms with Gasteiger partial charge in [-0.15, -0.1) is 0 Å². The summed E-state index contributed by atoms with van der Waals surface area (Å²) < 4.78 is 84.6. The van der Waals surface area contributed by atoms with Gasteiger partial charge in [0.1, 0.15) is 0 Å². The first-order valence-electron chi connectivity index (χ1n) is 10.4. The summed E-state index contributed by atoms with van der Waals surface area (Å²) in [6.45, 7) is 0. The van der Waals surface area contributed by atoms with Crippen molar-refractivity contribution in [1.82, 2.24) is 9.97 Å². The van der Waals surface area contributed by atoms with Crippen LogP contribution in [0.15, 0.2) is 78.3 Å². The van der Waals surface area contributed by atoms with Crippen LogP contribution in [0.5, 0.6) is 0 Å². The molecule has 0 fully saturated rings. The molecule has 0 unspecified atom stereocenters. The Morgan fingerprint density at radius 1 is 0.583 bits per heavy atom. The molecular formula is C26H12F6N4. The molecule has 2 aromatic heterocycles. The van der Waals surface area contributed by atoms with Crippen LogP contribution in [0.4, 0.5) is 26.3 Å². The van der Waals surface area contributed by atoms with Gasteiger partial charge in [0.2, 0.25) is 6.19 Å². The average Bonchev–Trinajstić information content (AvgIpc) is 3.15. The molecule has 0 radical (unpaired) electrons. The van der Waals surface area contributed by atoms with Crippen LogP contribution in [0.1, 0.15) is 22.3 Å². The fraction of sp³-hybridized carbons (Fsp3) is 0.0769. The number of rotatable bonds is 2. The van der Waals surface area contributed by atoms with Gasteiger partial charge in [-0.1, -0.05) is 0 Å². The lowest BCUT2D eigenvalue weighted by Gasteiger charge is -2.17. The maximum absolute atomic E-state index is 14.1. The van der Waals surface area contributed by atoms with Crippen LogP contribution in [0.25, 0.3) is 33.4 Å². The van der Waals surface area contributed by atoms with Gasteiger partial charge in [-0.2, -0.15) is 36.6 Å². The molecule has 4 aromatic rings. The molecule has 1 aliphatic carbocycles. The van der Waals surface area contributed by atoms with Crippen molar-refractivity contribution in [2.45, 2.75) is 12.4 Å². The molecule has 0 N–H and O–H groups in total. The highest BCUT2D eigenvalue weighted by atomic mass is 19.4. The Hall–Kier alpha value is -4.52. The molecule has 2 aromatic carbocycles. The smallest absolute Gasteiger partial charge is 0.265 e. The van der Waals surface area contributed by atoms with Crippen molar-refractivity contribution in [1.29, 1.82) is 5.26 Å². The Labute approximate surface area is 200 Å². The minimum atomic E-state index is -4.80. The third kappa shape index (κ3) is 3.88. The number of aromatic nitrogens is 2. The Morgan fingerprint density at radius 2 is 0.972 bits per heavy atom. The van der Waals surface area contributed by atoms with Crippen LogP contribution in [0.2, 0.25) is 0 Å². The first kappa shape index (κ1) is 23.2. The van der Waals surface area contributed by atoms with Gasteiger partial charge in [0.25, 0.3) is 0 Å². The molecule has 1 aliphatic rings. The fourth-order valence-electron chi connectivity index (χ4n) is 4.36. The second-order valence-electron chi connectivity index (χ2n) is 7.91. The lowest BCUT2D eigenvalue weighted by molar-refractivity contribution is -0.138. The predicted molar refractivity (Wildman–Crippen MR) is 120 cm³/mol. The van der Waals surface area contributed by atoms with Gasteiger partial charge in [-0.05, 0) is 81.9 Å². The minimum absolute atomic E-state index is 0.00411. The van der Waals surface area contributed by atoms with Gasteiger partial charge in [-0.25, -0.2) is 0 Å². The number of halogens is 6. The van der Waals surface area contributed by atoms with Crippen molar-refractivity contribution < 1.29 is 26.3 Å². The second-order valence-corrected chi connectivity index (χ2v) is 7.91.